The molecule has 9 heteroatoms. The van der Waals surface area contributed by atoms with Gasteiger partial charge in [0.25, 0.3) is 5.56 Å². The van der Waals surface area contributed by atoms with Crippen LogP contribution in [0.4, 0.5) is 0 Å². The summed E-state index contributed by atoms with van der Waals surface area (Å²) in [7, 11) is -1.45. The zero-order valence-electron chi connectivity index (χ0n) is 12.3. The predicted molar refractivity (Wildman–Crippen MR) is 79.9 cm³/mol. The lowest BCUT2D eigenvalue weighted by Gasteiger charge is -2.15. The van der Waals surface area contributed by atoms with Crippen LogP contribution >= 0.6 is 0 Å². The molecule has 0 aliphatic rings. The number of nitrogens with one attached hydrogen (secondary N) is 1. The van der Waals surface area contributed by atoms with Gasteiger partial charge >= 0.3 is 5.69 Å². The Morgan fingerprint density at radius 3 is 2.36 bits per heavy atom. The zero-order chi connectivity index (χ0) is 16.5. The van der Waals surface area contributed by atoms with Crippen molar-refractivity contribution in [1.82, 2.24) is 18.8 Å². The Kier molecular flexibility index (Phi) is 4.29. The molecule has 0 saturated heterocycles. The Morgan fingerprint density at radius 2 is 1.77 bits per heavy atom. The first-order valence-corrected chi connectivity index (χ1v) is 7.91. The maximum absolute atomic E-state index is 12.4. The topological polar surface area (TPSA) is 103 Å². The number of nitrogens with zero attached hydrogens (tertiary/aromatic N) is 3. The molecule has 2 aromatic rings. The Bertz CT molecular complexity index is 900. The number of aryl methyl sites for hydroxylation is 1. The van der Waals surface area contributed by atoms with E-state index in [9.17, 15) is 18.0 Å². The lowest BCUT2D eigenvalue weighted by Crippen LogP contribution is -2.41. The molecule has 0 saturated carbocycles. The van der Waals surface area contributed by atoms with Crippen LogP contribution in [0.25, 0.3) is 0 Å². The summed E-state index contributed by atoms with van der Waals surface area (Å²) in [5.74, 6) is 0. The summed E-state index contributed by atoms with van der Waals surface area (Å²) in [5.41, 5.74) is -0.746. The molecule has 0 radical (unpaired) electrons. The first kappa shape index (κ1) is 16.1. The summed E-state index contributed by atoms with van der Waals surface area (Å²) in [4.78, 5) is 27.0. The molecule has 8 nitrogen and oxygen atoms in total. The number of rotatable bonds is 4. The van der Waals surface area contributed by atoms with Crippen LogP contribution in [0.15, 0.2) is 45.2 Å². The molecule has 0 aliphatic carbocycles. The fraction of sp³-hybridized carbons (Fsp3) is 0.308. The van der Waals surface area contributed by atoms with Crippen LogP contribution in [-0.2, 0) is 24.1 Å². The molecule has 118 valence electrons. The van der Waals surface area contributed by atoms with E-state index < -0.39 is 32.2 Å². The molecule has 0 spiro atoms. The number of sulfonamides is 1. The van der Waals surface area contributed by atoms with Gasteiger partial charge < -0.3 is 4.57 Å². The van der Waals surface area contributed by atoms with E-state index in [1.165, 1.54) is 14.1 Å². The van der Waals surface area contributed by atoms with Crippen molar-refractivity contribution >= 4 is 10.0 Å². The van der Waals surface area contributed by atoms with Gasteiger partial charge in [0, 0.05) is 38.7 Å². The van der Waals surface area contributed by atoms with E-state index in [4.69, 9.17) is 0 Å². The third-order valence-electron chi connectivity index (χ3n) is 3.24. The number of hydrogen-bond acceptors (Lipinski definition) is 5. The van der Waals surface area contributed by atoms with E-state index in [1.54, 1.807) is 31.5 Å². The summed E-state index contributed by atoms with van der Waals surface area (Å²) in [6, 6.07) is 2.80. The Morgan fingerprint density at radius 1 is 1.18 bits per heavy atom. The van der Waals surface area contributed by atoms with Crippen molar-refractivity contribution < 1.29 is 8.42 Å². The molecule has 0 amide bonds. The Hall–Kier alpha value is -2.26. The van der Waals surface area contributed by atoms with Crippen molar-refractivity contribution in [2.75, 3.05) is 0 Å². The van der Waals surface area contributed by atoms with Gasteiger partial charge in [0.1, 0.15) is 0 Å². The van der Waals surface area contributed by atoms with Gasteiger partial charge in [-0.15, -0.1) is 0 Å². The molecule has 0 unspecified atom stereocenters. The normalized spacial score (nSPS) is 13.0. The van der Waals surface area contributed by atoms with Gasteiger partial charge in [-0.1, -0.05) is 0 Å². The van der Waals surface area contributed by atoms with E-state index in [-0.39, 0.29) is 0 Å². The predicted octanol–water partition coefficient (Wildman–Crippen LogP) is -0.481. The molecule has 0 aliphatic heterocycles. The summed E-state index contributed by atoms with van der Waals surface area (Å²) in [6.07, 6.45) is 4.11. The molecule has 2 aromatic heterocycles. The highest BCUT2D eigenvalue weighted by atomic mass is 32.2. The standard InChI is InChI=1S/C13H16N4O4S/c1-9(10-4-6-14-7-5-10)15-22(20,21)11-8-16(2)13(19)17(3)12(11)18/h4-9,15H,1-3H3/t9-/m1/s1. The average Bonchev–Trinajstić information content (AvgIpc) is 2.49. The maximum Gasteiger partial charge on any atom is 0.330 e. The summed E-state index contributed by atoms with van der Waals surface area (Å²) >= 11 is 0. The number of aromatic nitrogens is 3. The fourth-order valence-corrected chi connectivity index (χ4v) is 3.37. The van der Waals surface area contributed by atoms with Crippen LogP contribution in [0, 0.1) is 0 Å². The molecular formula is C13H16N4O4S. The van der Waals surface area contributed by atoms with Gasteiger partial charge in [-0.05, 0) is 24.6 Å². The minimum atomic E-state index is -4.06. The average molecular weight is 324 g/mol. The minimum absolute atomic E-state index is 0.474. The van der Waals surface area contributed by atoms with E-state index in [0.717, 1.165) is 15.3 Å². The van der Waals surface area contributed by atoms with Gasteiger partial charge in [0.2, 0.25) is 10.0 Å². The highest BCUT2D eigenvalue weighted by Gasteiger charge is 2.23. The second-order valence-corrected chi connectivity index (χ2v) is 6.56. The summed E-state index contributed by atoms with van der Waals surface area (Å²) in [5, 5.41) is 0. The van der Waals surface area contributed by atoms with Crippen LogP contribution in [0.5, 0.6) is 0 Å². The van der Waals surface area contributed by atoms with E-state index >= 15 is 0 Å². The molecular weight excluding hydrogens is 308 g/mol. The first-order valence-electron chi connectivity index (χ1n) is 6.43. The third-order valence-corrected chi connectivity index (χ3v) is 4.77. The molecule has 0 aromatic carbocycles. The molecule has 22 heavy (non-hydrogen) atoms. The van der Waals surface area contributed by atoms with Crippen LogP contribution in [-0.4, -0.2) is 22.5 Å². The summed E-state index contributed by atoms with van der Waals surface area (Å²) in [6.45, 7) is 1.65. The third kappa shape index (κ3) is 3.00. The van der Waals surface area contributed by atoms with Crippen molar-refractivity contribution in [2.24, 2.45) is 14.1 Å². The maximum atomic E-state index is 12.4. The largest absolute Gasteiger partial charge is 0.330 e. The Balaban J connectivity index is 2.44. The lowest BCUT2D eigenvalue weighted by molar-refractivity contribution is 0.557. The molecule has 2 rings (SSSR count). The van der Waals surface area contributed by atoms with Crippen molar-refractivity contribution in [3.05, 3.63) is 57.1 Å². The monoisotopic (exact) mass is 324 g/mol. The van der Waals surface area contributed by atoms with E-state index in [2.05, 4.69) is 9.71 Å². The van der Waals surface area contributed by atoms with Gasteiger partial charge in [0.15, 0.2) is 4.90 Å². The zero-order valence-corrected chi connectivity index (χ0v) is 13.2. The van der Waals surface area contributed by atoms with Crippen LogP contribution in [0.1, 0.15) is 18.5 Å². The fourth-order valence-electron chi connectivity index (χ4n) is 1.98. The minimum Gasteiger partial charge on any atom is -0.302 e. The molecule has 1 atom stereocenters. The molecule has 0 fully saturated rings. The second-order valence-electron chi connectivity index (χ2n) is 4.87. The van der Waals surface area contributed by atoms with E-state index in [0.29, 0.717) is 5.56 Å². The van der Waals surface area contributed by atoms with Gasteiger partial charge in [-0.3, -0.25) is 14.3 Å². The highest BCUT2D eigenvalue weighted by Crippen LogP contribution is 2.13. The van der Waals surface area contributed by atoms with Crippen LogP contribution in [0.3, 0.4) is 0 Å². The smallest absolute Gasteiger partial charge is 0.302 e. The molecule has 0 bridgehead atoms. The first-order chi connectivity index (χ1) is 10.2. The molecule has 1 N–H and O–H groups in total. The summed E-state index contributed by atoms with van der Waals surface area (Å²) < 4.78 is 29.0. The lowest BCUT2D eigenvalue weighted by atomic mass is 10.1. The highest BCUT2D eigenvalue weighted by molar-refractivity contribution is 7.89. The number of pyridine rings is 1. The Labute approximate surface area is 127 Å². The SMILES string of the molecule is C[C@@H](NS(=O)(=O)c1cn(C)c(=O)n(C)c1=O)c1ccncc1. The van der Waals surface area contributed by atoms with Gasteiger partial charge in [-0.2, -0.15) is 0 Å². The quantitative estimate of drug-likeness (QED) is 0.818. The molecule has 2 heterocycles. The number of hydrogen-bond donors (Lipinski definition) is 1. The second kappa shape index (κ2) is 5.85. The van der Waals surface area contributed by atoms with Crippen LogP contribution in [0.2, 0.25) is 0 Å². The van der Waals surface area contributed by atoms with Crippen molar-refractivity contribution in [3.8, 4) is 0 Å². The van der Waals surface area contributed by atoms with Gasteiger partial charge in [0.05, 0.1) is 0 Å². The van der Waals surface area contributed by atoms with Crippen molar-refractivity contribution in [1.29, 1.82) is 0 Å². The van der Waals surface area contributed by atoms with E-state index in [1.807, 2.05) is 0 Å². The van der Waals surface area contributed by atoms with Crippen molar-refractivity contribution in [3.63, 3.8) is 0 Å². The van der Waals surface area contributed by atoms with Gasteiger partial charge in [-0.25, -0.2) is 17.9 Å². The van der Waals surface area contributed by atoms with Crippen LogP contribution < -0.4 is 16.0 Å². The van der Waals surface area contributed by atoms with Crippen molar-refractivity contribution in [2.45, 2.75) is 17.9 Å².